The molecule has 0 radical (unpaired) electrons. The van der Waals surface area contributed by atoms with Gasteiger partial charge in [-0.25, -0.2) is 0 Å². The van der Waals surface area contributed by atoms with E-state index in [1.807, 2.05) is 29.0 Å². The van der Waals surface area contributed by atoms with Crippen molar-refractivity contribution >= 4 is 23.5 Å². The molecule has 1 aliphatic heterocycles. The summed E-state index contributed by atoms with van der Waals surface area (Å²) in [6.45, 7) is 1.69. The second-order valence-electron chi connectivity index (χ2n) is 6.30. The summed E-state index contributed by atoms with van der Waals surface area (Å²) >= 11 is 6.02. The average molecular weight is 369 g/mol. The summed E-state index contributed by atoms with van der Waals surface area (Å²) < 4.78 is 5.58. The summed E-state index contributed by atoms with van der Waals surface area (Å²) in [7, 11) is 1.83. The molecule has 138 valence electrons. The van der Waals surface area contributed by atoms with Gasteiger partial charge in [-0.1, -0.05) is 23.7 Å². The number of likely N-dealkylation sites (tertiary alicyclic amines) is 1. The Kier molecular flexibility index (Phi) is 7.52. The summed E-state index contributed by atoms with van der Waals surface area (Å²) in [5.41, 5.74) is 0. The molecule has 1 N–H and O–H groups in total. The molecule has 0 saturated carbocycles. The highest BCUT2D eigenvalue weighted by atomic mass is 35.5. The minimum Gasteiger partial charge on any atom is -0.491 e. The van der Waals surface area contributed by atoms with Gasteiger partial charge in [0.15, 0.2) is 0 Å². The third kappa shape index (κ3) is 6.21. The SMILES string of the molecule is CN(CC(=O)O)C1CCCN(C(=O)CCOc2ccccc2Cl)CC1. The maximum absolute atomic E-state index is 12.4. The average Bonchev–Trinajstić information content (AvgIpc) is 2.82. The molecule has 1 atom stereocenters. The molecule has 1 amide bonds. The van der Waals surface area contributed by atoms with Crippen LogP contribution in [-0.4, -0.2) is 66.1 Å². The number of rotatable bonds is 7. The third-order valence-electron chi connectivity index (χ3n) is 4.47. The first kappa shape index (κ1) is 19.5. The lowest BCUT2D eigenvalue weighted by atomic mass is 10.1. The van der Waals surface area contributed by atoms with Gasteiger partial charge in [0.25, 0.3) is 0 Å². The number of amides is 1. The first-order valence-corrected chi connectivity index (χ1v) is 8.92. The highest BCUT2D eigenvalue weighted by Gasteiger charge is 2.23. The number of hydrogen-bond acceptors (Lipinski definition) is 4. The molecule has 1 aromatic rings. The number of aliphatic carboxylic acids is 1. The second-order valence-corrected chi connectivity index (χ2v) is 6.71. The van der Waals surface area contributed by atoms with Crippen LogP contribution in [0.5, 0.6) is 5.75 Å². The topological polar surface area (TPSA) is 70.1 Å². The van der Waals surface area contributed by atoms with Crippen LogP contribution in [0.2, 0.25) is 5.02 Å². The van der Waals surface area contributed by atoms with E-state index in [0.717, 1.165) is 19.3 Å². The quantitative estimate of drug-likeness (QED) is 0.800. The monoisotopic (exact) mass is 368 g/mol. The van der Waals surface area contributed by atoms with Crippen LogP contribution in [0.25, 0.3) is 0 Å². The maximum Gasteiger partial charge on any atom is 0.317 e. The Morgan fingerprint density at radius 1 is 1.32 bits per heavy atom. The highest BCUT2D eigenvalue weighted by molar-refractivity contribution is 6.32. The van der Waals surface area contributed by atoms with Crippen LogP contribution in [0.15, 0.2) is 24.3 Å². The molecular weight excluding hydrogens is 344 g/mol. The molecule has 0 bridgehead atoms. The Morgan fingerprint density at radius 3 is 2.80 bits per heavy atom. The fraction of sp³-hybridized carbons (Fsp3) is 0.556. The molecule has 7 heteroatoms. The number of hydrogen-bond donors (Lipinski definition) is 1. The lowest BCUT2D eigenvalue weighted by Gasteiger charge is -2.25. The van der Waals surface area contributed by atoms with Crippen LogP contribution in [0, 0.1) is 0 Å². The van der Waals surface area contributed by atoms with E-state index >= 15 is 0 Å². The number of carboxylic acids is 1. The molecule has 0 spiro atoms. The van der Waals surface area contributed by atoms with Crippen molar-refractivity contribution in [3.63, 3.8) is 0 Å². The molecule has 0 aromatic heterocycles. The predicted molar refractivity (Wildman–Crippen MR) is 96.0 cm³/mol. The number of likely N-dealkylation sites (N-methyl/N-ethyl adjacent to an activating group) is 1. The van der Waals surface area contributed by atoms with Crippen molar-refractivity contribution < 1.29 is 19.4 Å². The highest BCUT2D eigenvalue weighted by Crippen LogP contribution is 2.23. The molecule has 1 saturated heterocycles. The molecule has 25 heavy (non-hydrogen) atoms. The fourth-order valence-corrected chi connectivity index (χ4v) is 3.27. The van der Waals surface area contributed by atoms with Crippen molar-refractivity contribution in [3.8, 4) is 5.75 Å². The van der Waals surface area contributed by atoms with Gasteiger partial charge in [-0.05, 0) is 38.4 Å². The van der Waals surface area contributed by atoms with Crippen LogP contribution in [0.1, 0.15) is 25.7 Å². The zero-order chi connectivity index (χ0) is 18.2. The van der Waals surface area contributed by atoms with Gasteiger partial charge < -0.3 is 14.7 Å². The molecule has 1 unspecified atom stereocenters. The van der Waals surface area contributed by atoms with Gasteiger partial charge in [0.2, 0.25) is 5.91 Å². The van der Waals surface area contributed by atoms with Crippen LogP contribution in [0.3, 0.4) is 0 Å². The Labute approximate surface area is 153 Å². The lowest BCUT2D eigenvalue weighted by molar-refractivity contribution is -0.138. The number of halogens is 1. The van der Waals surface area contributed by atoms with Crippen LogP contribution >= 0.6 is 11.6 Å². The largest absolute Gasteiger partial charge is 0.491 e. The van der Waals surface area contributed by atoms with Gasteiger partial charge >= 0.3 is 5.97 Å². The van der Waals surface area contributed by atoms with E-state index in [2.05, 4.69) is 0 Å². The Balaban J connectivity index is 1.76. The Hall–Kier alpha value is -1.79. The van der Waals surface area contributed by atoms with Gasteiger partial charge in [0.05, 0.1) is 24.6 Å². The third-order valence-corrected chi connectivity index (χ3v) is 4.78. The van der Waals surface area contributed by atoms with Gasteiger partial charge in [0.1, 0.15) is 5.75 Å². The van der Waals surface area contributed by atoms with Crippen molar-refractivity contribution in [2.45, 2.75) is 31.7 Å². The normalized spacial score (nSPS) is 18.0. The van der Waals surface area contributed by atoms with Crippen LogP contribution < -0.4 is 4.74 Å². The second kappa shape index (κ2) is 9.63. The summed E-state index contributed by atoms with van der Waals surface area (Å²) in [6.07, 6.45) is 2.89. The zero-order valence-electron chi connectivity index (χ0n) is 14.5. The summed E-state index contributed by atoms with van der Waals surface area (Å²) in [5.74, 6) is -0.173. The minimum atomic E-state index is -0.823. The van der Waals surface area contributed by atoms with Crippen LogP contribution in [-0.2, 0) is 9.59 Å². The predicted octanol–water partition coefficient (Wildman–Crippen LogP) is 2.51. The molecule has 1 fully saturated rings. The van der Waals surface area contributed by atoms with E-state index in [1.165, 1.54) is 0 Å². The summed E-state index contributed by atoms with van der Waals surface area (Å²) in [6, 6.07) is 7.40. The molecular formula is C18H25ClN2O4. The van der Waals surface area contributed by atoms with Crippen LogP contribution in [0.4, 0.5) is 0 Å². The first-order valence-electron chi connectivity index (χ1n) is 8.54. The molecule has 1 aromatic carbocycles. The maximum atomic E-state index is 12.4. The Bertz CT molecular complexity index is 596. The summed E-state index contributed by atoms with van der Waals surface area (Å²) in [4.78, 5) is 26.9. The summed E-state index contributed by atoms with van der Waals surface area (Å²) in [5, 5.41) is 9.44. The molecule has 6 nitrogen and oxygen atoms in total. The molecule has 2 rings (SSSR count). The Morgan fingerprint density at radius 2 is 2.08 bits per heavy atom. The lowest BCUT2D eigenvalue weighted by Crippen LogP contribution is -2.37. The number of benzene rings is 1. The minimum absolute atomic E-state index is 0.0320. The first-order chi connectivity index (χ1) is 12.0. The van der Waals surface area contributed by atoms with Crippen molar-refractivity contribution in [2.24, 2.45) is 0 Å². The van der Waals surface area contributed by atoms with Gasteiger partial charge in [-0.2, -0.15) is 0 Å². The van der Waals surface area contributed by atoms with Gasteiger partial charge in [-0.15, -0.1) is 0 Å². The van der Waals surface area contributed by atoms with E-state index in [4.69, 9.17) is 21.4 Å². The number of carbonyl (C=O) groups is 2. The van der Waals surface area contributed by atoms with Crippen molar-refractivity contribution in [1.29, 1.82) is 0 Å². The van der Waals surface area contributed by atoms with E-state index < -0.39 is 5.97 Å². The number of ether oxygens (including phenoxy) is 1. The molecule has 1 heterocycles. The van der Waals surface area contributed by atoms with E-state index in [0.29, 0.717) is 36.9 Å². The standard InChI is InChI=1S/C18H25ClN2O4/c1-20(13-18(23)24)14-5-4-10-21(11-8-14)17(22)9-12-25-16-7-3-2-6-15(16)19/h2-3,6-7,14H,4-5,8-13H2,1H3,(H,23,24). The molecule has 1 aliphatic rings. The fourth-order valence-electron chi connectivity index (χ4n) is 3.08. The number of nitrogens with zero attached hydrogens (tertiary/aromatic N) is 2. The number of carboxylic acid groups (broad SMARTS) is 1. The van der Waals surface area contributed by atoms with Gasteiger partial charge in [-0.3, -0.25) is 14.5 Å². The van der Waals surface area contributed by atoms with E-state index in [1.54, 1.807) is 12.1 Å². The van der Waals surface area contributed by atoms with Crippen molar-refractivity contribution in [2.75, 3.05) is 33.3 Å². The van der Waals surface area contributed by atoms with Crippen molar-refractivity contribution in [1.82, 2.24) is 9.80 Å². The number of para-hydroxylation sites is 1. The van der Waals surface area contributed by atoms with E-state index in [9.17, 15) is 9.59 Å². The number of carbonyl (C=O) groups excluding carboxylic acids is 1. The van der Waals surface area contributed by atoms with E-state index in [-0.39, 0.29) is 18.5 Å². The smallest absolute Gasteiger partial charge is 0.317 e. The zero-order valence-corrected chi connectivity index (χ0v) is 15.2. The van der Waals surface area contributed by atoms with Crippen molar-refractivity contribution in [3.05, 3.63) is 29.3 Å². The molecule has 0 aliphatic carbocycles. The van der Waals surface area contributed by atoms with Gasteiger partial charge in [0, 0.05) is 19.1 Å².